The number of carbonyl (C=O) groups is 2. The molecule has 41 heavy (non-hydrogen) atoms. The number of aliphatic hydroxyl groups is 1. The second-order valence-electron chi connectivity index (χ2n) is 11.5. The lowest BCUT2D eigenvalue weighted by molar-refractivity contribution is -0.127. The molecule has 1 saturated carbocycles. The standard InChI is InChI=1S/C30H33ClN4O5S/c1-19(20-14-24(36)15-20)32-29(38)33-17-30(18-33)25-6-3-4-7-27(25)35(28(30)37)16-23-13-21-12-22(31)8-9-26(21)34(23)10-5-11-41(2,39)40/h3-4,6-9,12-13,24,36H,5,10-11,14-18H2,1-2H3,(H,32,38). The lowest BCUT2D eigenvalue weighted by Gasteiger charge is -2.46. The van der Waals surface area contributed by atoms with Crippen molar-refractivity contribution in [3.05, 3.63) is 76.1 Å². The van der Waals surface area contributed by atoms with Gasteiger partial charge < -0.3 is 24.8 Å². The number of likely N-dealkylation sites (tertiary alicyclic amines) is 1. The molecular formula is C30H33ClN4O5S. The van der Waals surface area contributed by atoms with E-state index in [1.807, 2.05) is 55.5 Å². The Morgan fingerprint density at radius 3 is 2.59 bits per heavy atom. The third-order valence-electron chi connectivity index (χ3n) is 8.53. The molecule has 9 nitrogen and oxygen atoms in total. The minimum atomic E-state index is -3.11. The first kappa shape index (κ1) is 27.8. The topological polar surface area (TPSA) is 112 Å². The molecule has 1 aromatic heterocycles. The van der Waals surface area contributed by atoms with Crippen LogP contribution < -0.4 is 10.2 Å². The molecule has 11 heteroatoms. The van der Waals surface area contributed by atoms with Gasteiger partial charge in [-0.3, -0.25) is 4.79 Å². The van der Waals surface area contributed by atoms with Crippen LogP contribution in [0.3, 0.4) is 0 Å². The fourth-order valence-electron chi connectivity index (χ4n) is 6.29. The minimum Gasteiger partial charge on any atom is -0.392 e. The van der Waals surface area contributed by atoms with Gasteiger partial charge in [-0.05, 0) is 67.7 Å². The van der Waals surface area contributed by atoms with E-state index in [2.05, 4.69) is 9.88 Å². The monoisotopic (exact) mass is 596 g/mol. The molecule has 3 heterocycles. The van der Waals surface area contributed by atoms with Crippen LogP contribution in [-0.2, 0) is 33.1 Å². The van der Waals surface area contributed by atoms with Gasteiger partial charge in [0.05, 0.1) is 18.4 Å². The average molecular weight is 597 g/mol. The zero-order chi connectivity index (χ0) is 29.1. The molecule has 2 N–H and O–H groups in total. The van der Waals surface area contributed by atoms with Gasteiger partial charge in [-0.15, -0.1) is 0 Å². The summed E-state index contributed by atoms with van der Waals surface area (Å²) in [7, 11) is -3.11. The Kier molecular flexibility index (Phi) is 6.91. The predicted molar refractivity (Wildman–Crippen MR) is 159 cm³/mol. The van der Waals surface area contributed by atoms with E-state index in [-0.39, 0.29) is 36.9 Å². The second-order valence-corrected chi connectivity index (χ2v) is 14.2. The molecule has 0 atom stereocenters. The van der Waals surface area contributed by atoms with Gasteiger partial charge in [0.15, 0.2) is 0 Å². The van der Waals surface area contributed by atoms with Crippen LogP contribution in [-0.4, -0.2) is 66.1 Å². The zero-order valence-corrected chi connectivity index (χ0v) is 24.6. The minimum absolute atomic E-state index is 0.0501. The normalized spacial score (nSPS) is 19.4. The Labute approximate surface area is 244 Å². The summed E-state index contributed by atoms with van der Waals surface area (Å²) in [5.41, 5.74) is 4.56. The fourth-order valence-corrected chi connectivity index (χ4v) is 7.13. The number of fused-ring (bicyclic) bond motifs is 3. The molecule has 2 fully saturated rings. The van der Waals surface area contributed by atoms with Crippen molar-refractivity contribution < 1.29 is 23.1 Å². The zero-order valence-electron chi connectivity index (χ0n) is 23.1. The van der Waals surface area contributed by atoms with Gasteiger partial charge in [0.2, 0.25) is 5.91 Å². The maximum Gasteiger partial charge on any atom is 0.321 e. The number of sulfone groups is 1. The summed E-state index contributed by atoms with van der Waals surface area (Å²) in [4.78, 5) is 30.5. The molecule has 3 aromatic rings. The molecule has 1 spiro atoms. The van der Waals surface area contributed by atoms with Crippen LogP contribution in [0.4, 0.5) is 10.5 Å². The van der Waals surface area contributed by atoms with Crippen LogP contribution in [0.1, 0.15) is 37.4 Å². The lowest BCUT2D eigenvalue weighted by atomic mass is 9.75. The number of para-hydroxylation sites is 1. The van der Waals surface area contributed by atoms with E-state index in [1.165, 1.54) is 6.26 Å². The number of nitrogens with one attached hydrogen (secondary N) is 1. The second kappa shape index (κ2) is 10.2. The molecule has 1 aliphatic carbocycles. The summed E-state index contributed by atoms with van der Waals surface area (Å²) < 4.78 is 25.7. The number of aromatic nitrogens is 1. The maximum atomic E-state index is 14.1. The van der Waals surface area contributed by atoms with E-state index in [9.17, 15) is 23.1 Å². The van der Waals surface area contributed by atoms with E-state index in [0.29, 0.717) is 37.4 Å². The van der Waals surface area contributed by atoms with Crippen molar-refractivity contribution in [2.45, 2.75) is 50.8 Å². The number of carbonyl (C=O) groups excluding carboxylic acids is 2. The van der Waals surface area contributed by atoms with Crippen LogP contribution in [0, 0.1) is 0 Å². The molecule has 2 aromatic carbocycles. The average Bonchev–Trinajstić information content (AvgIpc) is 3.32. The van der Waals surface area contributed by atoms with Gasteiger partial charge in [0.25, 0.3) is 0 Å². The Morgan fingerprint density at radius 1 is 1.15 bits per heavy atom. The summed E-state index contributed by atoms with van der Waals surface area (Å²) in [5.74, 6) is 0.0223. The first-order valence-electron chi connectivity index (χ1n) is 13.7. The Morgan fingerprint density at radius 2 is 1.88 bits per heavy atom. The molecule has 0 bridgehead atoms. The van der Waals surface area contributed by atoms with Gasteiger partial charge >= 0.3 is 6.03 Å². The van der Waals surface area contributed by atoms with Crippen LogP contribution in [0.15, 0.2) is 59.8 Å². The van der Waals surface area contributed by atoms with Gasteiger partial charge in [-0.25, -0.2) is 13.2 Å². The number of allylic oxidation sites excluding steroid dienone is 1. The number of aryl methyl sites for hydroxylation is 1. The Bertz CT molecular complexity index is 1700. The predicted octanol–water partition coefficient (Wildman–Crippen LogP) is 3.97. The Hall–Kier alpha value is -3.34. The summed E-state index contributed by atoms with van der Waals surface area (Å²) in [5, 5.41) is 14.0. The highest BCUT2D eigenvalue weighted by atomic mass is 35.5. The highest BCUT2D eigenvalue weighted by Crippen LogP contribution is 2.48. The molecule has 1 saturated heterocycles. The first-order chi connectivity index (χ1) is 19.4. The van der Waals surface area contributed by atoms with Crippen molar-refractivity contribution >= 4 is 50.0 Å². The van der Waals surface area contributed by atoms with Crippen LogP contribution in [0.25, 0.3) is 10.9 Å². The number of urea groups is 1. The third kappa shape index (κ3) is 5.02. The molecule has 2 aliphatic heterocycles. The van der Waals surface area contributed by atoms with E-state index >= 15 is 0 Å². The molecule has 0 radical (unpaired) electrons. The highest BCUT2D eigenvalue weighted by molar-refractivity contribution is 7.90. The van der Waals surface area contributed by atoms with E-state index in [4.69, 9.17) is 11.6 Å². The number of amides is 3. The fraction of sp³-hybridized carbons (Fsp3) is 0.400. The number of hydrogen-bond acceptors (Lipinski definition) is 5. The summed E-state index contributed by atoms with van der Waals surface area (Å²) in [6.07, 6.45) is 2.50. The van der Waals surface area contributed by atoms with Gasteiger partial charge in [-0.1, -0.05) is 29.8 Å². The number of rotatable bonds is 7. The molecule has 3 amide bonds. The van der Waals surface area contributed by atoms with Crippen molar-refractivity contribution in [3.63, 3.8) is 0 Å². The molecule has 216 valence electrons. The van der Waals surface area contributed by atoms with Crippen LogP contribution in [0.2, 0.25) is 5.02 Å². The number of halogens is 1. The van der Waals surface area contributed by atoms with Crippen molar-refractivity contribution in [2.24, 2.45) is 0 Å². The van der Waals surface area contributed by atoms with Crippen LogP contribution >= 0.6 is 11.6 Å². The van der Waals surface area contributed by atoms with Crippen molar-refractivity contribution in [2.75, 3.05) is 30.0 Å². The molecule has 6 rings (SSSR count). The largest absolute Gasteiger partial charge is 0.392 e. The molecular weight excluding hydrogens is 564 g/mol. The summed E-state index contributed by atoms with van der Waals surface area (Å²) in [6.45, 7) is 3.20. The number of hydrogen-bond donors (Lipinski definition) is 2. The highest BCUT2D eigenvalue weighted by Gasteiger charge is 2.59. The van der Waals surface area contributed by atoms with Crippen molar-refractivity contribution in [3.8, 4) is 0 Å². The number of anilines is 1. The molecule has 3 aliphatic rings. The summed E-state index contributed by atoms with van der Waals surface area (Å²) in [6, 6.07) is 15.1. The summed E-state index contributed by atoms with van der Waals surface area (Å²) >= 11 is 6.27. The number of nitrogens with zero attached hydrogens (tertiary/aromatic N) is 3. The van der Waals surface area contributed by atoms with E-state index in [0.717, 1.165) is 39.1 Å². The lowest BCUT2D eigenvalue weighted by Crippen LogP contribution is -2.66. The van der Waals surface area contributed by atoms with Gasteiger partial charge in [-0.2, -0.15) is 0 Å². The maximum absolute atomic E-state index is 14.1. The SMILES string of the molecule is CC(NC(=O)N1CC2(C1)C(=O)N(Cc1cc3cc(Cl)ccc3n1CCCS(C)(=O)=O)c1ccccc12)=C1CC(O)C1. The van der Waals surface area contributed by atoms with Gasteiger partial charge in [0, 0.05) is 58.9 Å². The van der Waals surface area contributed by atoms with Crippen molar-refractivity contribution in [1.29, 1.82) is 0 Å². The first-order valence-corrected chi connectivity index (χ1v) is 16.2. The van der Waals surface area contributed by atoms with E-state index < -0.39 is 15.3 Å². The smallest absolute Gasteiger partial charge is 0.321 e. The quantitative estimate of drug-likeness (QED) is 0.429. The van der Waals surface area contributed by atoms with E-state index in [1.54, 1.807) is 9.80 Å². The Balaban J connectivity index is 1.25. The van der Waals surface area contributed by atoms with Crippen LogP contribution in [0.5, 0.6) is 0 Å². The number of aliphatic hydroxyl groups excluding tert-OH is 1. The van der Waals surface area contributed by atoms with Gasteiger partial charge in [0.1, 0.15) is 15.3 Å². The number of benzene rings is 2. The third-order valence-corrected chi connectivity index (χ3v) is 9.79. The van der Waals surface area contributed by atoms with Crippen molar-refractivity contribution in [1.82, 2.24) is 14.8 Å². The molecule has 0 unspecified atom stereocenters.